The van der Waals surface area contributed by atoms with Crippen molar-refractivity contribution in [3.8, 4) is 0 Å². The maximum atomic E-state index is 12.0. The minimum atomic E-state index is -0.289. The summed E-state index contributed by atoms with van der Waals surface area (Å²) in [5.74, 6) is -0.147. The van der Waals surface area contributed by atoms with E-state index in [1.165, 1.54) is 6.92 Å². The summed E-state index contributed by atoms with van der Waals surface area (Å²) in [6, 6.07) is 16.9. The van der Waals surface area contributed by atoms with Crippen LogP contribution in [0.5, 0.6) is 0 Å². The van der Waals surface area contributed by atoms with Gasteiger partial charge >= 0.3 is 0 Å². The standard InChI is InChI=1S/C19H23N3O2.ClH/c1-14(23)22-17-9-7-15(8-10-17)11-12-21-19(24)13-18(20)16-5-3-2-4-6-16;/h2-10,18H,11-13,20H2,1H3,(H,21,24)(H,22,23);1H. The van der Waals surface area contributed by atoms with Crippen LogP contribution in [0.3, 0.4) is 0 Å². The summed E-state index contributed by atoms with van der Waals surface area (Å²) in [6.45, 7) is 2.03. The zero-order chi connectivity index (χ0) is 17.4. The first kappa shape index (κ1) is 20.7. The highest BCUT2D eigenvalue weighted by atomic mass is 35.5. The van der Waals surface area contributed by atoms with Crippen LogP contribution in [0.15, 0.2) is 54.6 Å². The van der Waals surface area contributed by atoms with Gasteiger partial charge in [0.05, 0.1) is 0 Å². The minimum absolute atomic E-state index is 0. The highest BCUT2D eigenvalue weighted by Gasteiger charge is 2.10. The van der Waals surface area contributed by atoms with E-state index in [1.54, 1.807) is 0 Å². The van der Waals surface area contributed by atoms with Gasteiger partial charge in [0.2, 0.25) is 11.8 Å². The quantitative estimate of drug-likeness (QED) is 0.709. The van der Waals surface area contributed by atoms with Gasteiger partial charge in [-0.15, -0.1) is 12.4 Å². The molecule has 0 aliphatic heterocycles. The van der Waals surface area contributed by atoms with Crippen molar-refractivity contribution in [1.82, 2.24) is 5.32 Å². The Hall–Kier alpha value is -2.37. The van der Waals surface area contributed by atoms with E-state index >= 15 is 0 Å². The van der Waals surface area contributed by atoms with Crippen LogP contribution in [0.4, 0.5) is 5.69 Å². The summed E-state index contributed by atoms with van der Waals surface area (Å²) in [4.78, 5) is 22.9. The topological polar surface area (TPSA) is 84.2 Å². The van der Waals surface area contributed by atoms with E-state index in [0.29, 0.717) is 6.54 Å². The molecule has 4 N–H and O–H groups in total. The molecule has 0 aromatic heterocycles. The third kappa shape index (κ3) is 7.37. The first-order valence-electron chi connectivity index (χ1n) is 7.98. The Morgan fingerprint density at radius 3 is 2.28 bits per heavy atom. The van der Waals surface area contributed by atoms with Gasteiger partial charge in [0.15, 0.2) is 0 Å². The Labute approximate surface area is 154 Å². The fourth-order valence-corrected chi connectivity index (χ4v) is 2.39. The third-order valence-electron chi connectivity index (χ3n) is 3.64. The zero-order valence-corrected chi connectivity index (χ0v) is 15.0. The molecule has 1 atom stereocenters. The Balaban J connectivity index is 0.00000312. The number of anilines is 1. The minimum Gasteiger partial charge on any atom is -0.356 e. The lowest BCUT2D eigenvalue weighted by molar-refractivity contribution is -0.121. The monoisotopic (exact) mass is 361 g/mol. The number of nitrogens with two attached hydrogens (primary N) is 1. The molecule has 0 saturated heterocycles. The van der Waals surface area contributed by atoms with Crippen LogP contribution in [0.25, 0.3) is 0 Å². The largest absolute Gasteiger partial charge is 0.356 e. The van der Waals surface area contributed by atoms with Gasteiger partial charge in [-0.25, -0.2) is 0 Å². The molecule has 0 fully saturated rings. The summed E-state index contributed by atoms with van der Waals surface area (Å²) < 4.78 is 0. The smallest absolute Gasteiger partial charge is 0.221 e. The first-order chi connectivity index (χ1) is 11.5. The van der Waals surface area contributed by atoms with Crippen LogP contribution >= 0.6 is 12.4 Å². The molecule has 2 rings (SSSR count). The highest BCUT2D eigenvalue weighted by Crippen LogP contribution is 2.13. The number of halogens is 1. The number of hydrogen-bond acceptors (Lipinski definition) is 3. The molecule has 0 aliphatic rings. The van der Waals surface area contributed by atoms with Gasteiger partial charge in [0, 0.05) is 31.6 Å². The summed E-state index contributed by atoms with van der Waals surface area (Å²) in [7, 11) is 0. The van der Waals surface area contributed by atoms with Gasteiger partial charge < -0.3 is 16.4 Å². The van der Waals surface area contributed by atoms with E-state index in [4.69, 9.17) is 5.73 Å². The molecule has 2 aromatic carbocycles. The molecule has 5 nitrogen and oxygen atoms in total. The molecule has 1 unspecified atom stereocenters. The van der Waals surface area contributed by atoms with Crippen LogP contribution in [0.2, 0.25) is 0 Å². The second-order valence-corrected chi connectivity index (χ2v) is 5.70. The van der Waals surface area contributed by atoms with E-state index in [9.17, 15) is 9.59 Å². The molecular formula is C19H24ClN3O2. The lowest BCUT2D eigenvalue weighted by Gasteiger charge is -2.12. The first-order valence-corrected chi connectivity index (χ1v) is 7.98. The van der Waals surface area contributed by atoms with Crippen molar-refractivity contribution in [3.05, 3.63) is 65.7 Å². The highest BCUT2D eigenvalue weighted by molar-refractivity contribution is 5.88. The number of rotatable bonds is 7. The lowest BCUT2D eigenvalue weighted by Crippen LogP contribution is -2.29. The Morgan fingerprint density at radius 2 is 1.68 bits per heavy atom. The van der Waals surface area contributed by atoms with E-state index in [0.717, 1.165) is 23.2 Å². The molecule has 2 aromatic rings. The van der Waals surface area contributed by atoms with E-state index in [1.807, 2.05) is 54.6 Å². The number of benzene rings is 2. The number of hydrogen-bond donors (Lipinski definition) is 3. The van der Waals surface area contributed by atoms with Crippen molar-refractivity contribution in [2.45, 2.75) is 25.8 Å². The average Bonchev–Trinajstić information content (AvgIpc) is 2.57. The summed E-state index contributed by atoms with van der Waals surface area (Å²) >= 11 is 0. The van der Waals surface area contributed by atoms with Gasteiger partial charge in [-0.3, -0.25) is 9.59 Å². The van der Waals surface area contributed by atoms with Gasteiger partial charge in [-0.1, -0.05) is 42.5 Å². The van der Waals surface area contributed by atoms with E-state index < -0.39 is 0 Å². The van der Waals surface area contributed by atoms with Gasteiger partial charge in [0.1, 0.15) is 0 Å². The molecule has 0 aliphatic carbocycles. The molecule has 25 heavy (non-hydrogen) atoms. The van der Waals surface area contributed by atoms with Crippen LogP contribution in [0, 0.1) is 0 Å². The molecule has 0 radical (unpaired) electrons. The summed E-state index contributed by atoms with van der Waals surface area (Å²) in [5, 5.41) is 5.61. The predicted octanol–water partition coefficient (Wildman–Crippen LogP) is 2.82. The second-order valence-electron chi connectivity index (χ2n) is 5.70. The number of carbonyl (C=O) groups excluding carboxylic acids is 2. The Kier molecular flexibility index (Phi) is 8.67. The van der Waals surface area contributed by atoms with Crippen molar-refractivity contribution in [1.29, 1.82) is 0 Å². The third-order valence-corrected chi connectivity index (χ3v) is 3.64. The summed E-state index contributed by atoms with van der Waals surface area (Å²) in [5.41, 5.74) is 8.86. The van der Waals surface area contributed by atoms with Crippen molar-refractivity contribution in [2.75, 3.05) is 11.9 Å². The molecule has 0 heterocycles. The van der Waals surface area contributed by atoms with Crippen molar-refractivity contribution in [2.24, 2.45) is 5.73 Å². The molecule has 0 saturated carbocycles. The maximum absolute atomic E-state index is 12.0. The van der Waals surface area contributed by atoms with Gasteiger partial charge in [-0.2, -0.15) is 0 Å². The molecule has 2 amide bonds. The Morgan fingerprint density at radius 1 is 1.04 bits per heavy atom. The predicted molar refractivity (Wildman–Crippen MR) is 103 cm³/mol. The van der Waals surface area contributed by atoms with Crippen molar-refractivity contribution >= 4 is 29.9 Å². The fourth-order valence-electron chi connectivity index (χ4n) is 2.39. The van der Waals surface area contributed by atoms with E-state index in [2.05, 4.69) is 10.6 Å². The summed E-state index contributed by atoms with van der Waals surface area (Å²) in [6.07, 6.45) is 0.998. The number of nitrogens with one attached hydrogen (secondary N) is 2. The number of carbonyl (C=O) groups is 2. The molecule has 134 valence electrons. The normalized spacial score (nSPS) is 11.1. The van der Waals surface area contributed by atoms with E-state index in [-0.39, 0.29) is 36.7 Å². The lowest BCUT2D eigenvalue weighted by atomic mass is 10.0. The van der Waals surface area contributed by atoms with Gasteiger partial charge in [0.25, 0.3) is 0 Å². The van der Waals surface area contributed by atoms with Crippen LogP contribution < -0.4 is 16.4 Å². The fraction of sp³-hybridized carbons (Fsp3) is 0.263. The SMILES string of the molecule is CC(=O)Nc1ccc(CCNC(=O)CC(N)c2ccccc2)cc1.Cl. The van der Waals surface area contributed by atoms with Crippen molar-refractivity contribution in [3.63, 3.8) is 0 Å². The van der Waals surface area contributed by atoms with Crippen LogP contribution in [-0.2, 0) is 16.0 Å². The number of amides is 2. The zero-order valence-electron chi connectivity index (χ0n) is 14.2. The Bertz CT molecular complexity index is 675. The molecule has 6 heteroatoms. The average molecular weight is 362 g/mol. The van der Waals surface area contributed by atoms with Gasteiger partial charge in [-0.05, 0) is 29.7 Å². The molecule has 0 spiro atoms. The molecule has 0 bridgehead atoms. The van der Waals surface area contributed by atoms with Crippen LogP contribution in [0.1, 0.15) is 30.5 Å². The van der Waals surface area contributed by atoms with Crippen molar-refractivity contribution < 1.29 is 9.59 Å². The second kappa shape index (κ2) is 10.5. The van der Waals surface area contributed by atoms with Crippen LogP contribution in [-0.4, -0.2) is 18.4 Å². The molecular weight excluding hydrogens is 338 g/mol. The maximum Gasteiger partial charge on any atom is 0.221 e.